The fourth-order valence-corrected chi connectivity index (χ4v) is 2.11. The third-order valence-corrected chi connectivity index (χ3v) is 2.95. The molecule has 1 aromatic carbocycles. The monoisotopic (exact) mass is 229 g/mol. The zero-order valence-electron chi connectivity index (χ0n) is 10.9. The normalized spacial score (nSPS) is 12.8. The highest BCUT2D eigenvalue weighted by Gasteiger charge is 2.11. The van der Waals surface area contributed by atoms with Crippen LogP contribution >= 0.6 is 0 Å². The Hall–Kier alpha value is -1.61. The maximum Gasteiger partial charge on any atom is 0.0773 e. The van der Waals surface area contributed by atoms with Crippen LogP contribution in [0.5, 0.6) is 0 Å². The number of hydrogen-bond acceptors (Lipinski definition) is 3. The van der Waals surface area contributed by atoms with E-state index in [1.165, 1.54) is 5.69 Å². The standard InChI is InChI=1S/C14H19N3/c1-9-8-13(17(3)4)12-7-5-6-11(10(2)15)14(12)16-9/h5-8,10H,15H2,1-4H3. The van der Waals surface area contributed by atoms with Crippen LogP contribution in [-0.2, 0) is 0 Å². The molecule has 0 saturated carbocycles. The molecular formula is C14H19N3. The molecule has 1 unspecified atom stereocenters. The first-order chi connectivity index (χ1) is 8.00. The summed E-state index contributed by atoms with van der Waals surface area (Å²) in [5, 5.41) is 1.16. The third-order valence-electron chi connectivity index (χ3n) is 2.95. The van der Waals surface area contributed by atoms with Gasteiger partial charge in [-0.25, -0.2) is 0 Å². The van der Waals surface area contributed by atoms with Gasteiger partial charge in [-0.05, 0) is 25.5 Å². The van der Waals surface area contributed by atoms with Gasteiger partial charge in [0.1, 0.15) is 0 Å². The number of fused-ring (bicyclic) bond motifs is 1. The van der Waals surface area contributed by atoms with E-state index < -0.39 is 0 Å². The van der Waals surface area contributed by atoms with Gasteiger partial charge in [0.15, 0.2) is 0 Å². The number of pyridine rings is 1. The van der Waals surface area contributed by atoms with E-state index in [0.717, 1.165) is 22.2 Å². The van der Waals surface area contributed by atoms with Gasteiger partial charge in [0, 0.05) is 36.9 Å². The molecule has 1 aromatic heterocycles. The van der Waals surface area contributed by atoms with Crippen molar-refractivity contribution < 1.29 is 0 Å². The Morgan fingerprint density at radius 3 is 2.59 bits per heavy atom. The summed E-state index contributed by atoms with van der Waals surface area (Å²) in [5.74, 6) is 0. The molecule has 3 heteroatoms. The van der Waals surface area contributed by atoms with Crippen LogP contribution in [0.15, 0.2) is 24.3 Å². The summed E-state index contributed by atoms with van der Waals surface area (Å²) in [4.78, 5) is 6.75. The van der Waals surface area contributed by atoms with Crippen LogP contribution < -0.4 is 10.6 Å². The van der Waals surface area contributed by atoms with E-state index in [4.69, 9.17) is 5.73 Å². The van der Waals surface area contributed by atoms with Gasteiger partial charge < -0.3 is 10.6 Å². The van der Waals surface area contributed by atoms with Crippen molar-refractivity contribution in [2.45, 2.75) is 19.9 Å². The first-order valence-corrected chi connectivity index (χ1v) is 5.84. The predicted octanol–water partition coefficient (Wildman–Crippen LogP) is 2.63. The number of nitrogens with zero attached hydrogens (tertiary/aromatic N) is 2. The smallest absolute Gasteiger partial charge is 0.0773 e. The average molecular weight is 229 g/mol. The Morgan fingerprint density at radius 1 is 1.29 bits per heavy atom. The van der Waals surface area contributed by atoms with Crippen LogP contribution in [0.2, 0.25) is 0 Å². The zero-order chi connectivity index (χ0) is 12.6. The molecule has 0 amide bonds. The molecule has 2 N–H and O–H groups in total. The summed E-state index contributed by atoms with van der Waals surface area (Å²) in [5.41, 5.74) is 10.3. The molecule has 17 heavy (non-hydrogen) atoms. The van der Waals surface area contributed by atoms with Crippen LogP contribution in [0.25, 0.3) is 10.9 Å². The fourth-order valence-electron chi connectivity index (χ4n) is 2.11. The largest absolute Gasteiger partial charge is 0.377 e. The maximum atomic E-state index is 6.00. The molecule has 0 fully saturated rings. The minimum Gasteiger partial charge on any atom is -0.377 e. The summed E-state index contributed by atoms with van der Waals surface area (Å²) in [6, 6.07) is 8.31. The van der Waals surface area contributed by atoms with Gasteiger partial charge in [0.2, 0.25) is 0 Å². The van der Waals surface area contributed by atoms with Gasteiger partial charge in [-0.2, -0.15) is 0 Å². The van der Waals surface area contributed by atoms with Gasteiger partial charge in [0.25, 0.3) is 0 Å². The van der Waals surface area contributed by atoms with Gasteiger partial charge in [-0.3, -0.25) is 4.98 Å². The maximum absolute atomic E-state index is 6.00. The van der Waals surface area contributed by atoms with E-state index in [2.05, 4.69) is 28.1 Å². The second kappa shape index (κ2) is 4.34. The van der Waals surface area contributed by atoms with Crippen LogP contribution in [0, 0.1) is 6.92 Å². The third kappa shape index (κ3) is 2.11. The predicted molar refractivity (Wildman–Crippen MR) is 73.4 cm³/mol. The number of para-hydroxylation sites is 1. The Balaban J connectivity index is 2.83. The number of nitrogens with two attached hydrogens (primary N) is 1. The van der Waals surface area contributed by atoms with E-state index in [1.807, 2.05) is 34.0 Å². The van der Waals surface area contributed by atoms with Gasteiger partial charge in [0.05, 0.1) is 5.52 Å². The van der Waals surface area contributed by atoms with Gasteiger partial charge in [-0.1, -0.05) is 18.2 Å². The minimum atomic E-state index is 0.00279. The van der Waals surface area contributed by atoms with Crippen molar-refractivity contribution in [3.63, 3.8) is 0 Å². The number of rotatable bonds is 2. The molecule has 0 aliphatic heterocycles. The lowest BCUT2D eigenvalue weighted by atomic mass is 10.0. The minimum absolute atomic E-state index is 0.00279. The van der Waals surface area contributed by atoms with Crippen molar-refractivity contribution in [2.75, 3.05) is 19.0 Å². The van der Waals surface area contributed by atoms with E-state index in [1.54, 1.807) is 0 Å². The van der Waals surface area contributed by atoms with Crippen LogP contribution in [0.3, 0.4) is 0 Å². The van der Waals surface area contributed by atoms with Crippen molar-refractivity contribution in [1.82, 2.24) is 4.98 Å². The van der Waals surface area contributed by atoms with Crippen molar-refractivity contribution in [1.29, 1.82) is 0 Å². The van der Waals surface area contributed by atoms with E-state index in [-0.39, 0.29) is 6.04 Å². The van der Waals surface area contributed by atoms with Crippen LogP contribution in [-0.4, -0.2) is 19.1 Å². The fraction of sp³-hybridized carbons (Fsp3) is 0.357. The van der Waals surface area contributed by atoms with E-state index >= 15 is 0 Å². The van der Waals surface area contributed by atoms with Crippen LogP contribution in [0.1, 0.15) is 24.2 Å². The second-order valence-corrected chi connectivity index (χ2v) is 4.71. The molecule has 90 valence electrons. The van der Waals surface area contributed by atoms with E-state index in [9.17, 15) is 0 Å². The summed E-state index contributed by atoms with van der Waals surface area (Å²) in [7, 11) is 4.10. The molecule has 0 bridgehead atoms. The summed E-state index contributed by atoms with van der Waals surface area (Å²) < 4.78 is 0. The van der Waals surface area contributed by atoms with E-state index in [0.29, 0.717) is 0 Å². The number of aryl methyl sites for hydroxylation is 1. The highest BCUT2D eigenvalue weighted by molar-refractivity contribution is 5.94. The number of hydrogen-bond donors (Lipinski definition) is 1. The molecule has 2 aromatic rings. The molecule has 0 aliphatic rings. The van der Waals surface area contributed by atoms with Gasteiger partial charge >= 0.3 is 0 Å². The van der Waals surface area contributed by atoms with Crippen molar-refractivity contribution in [3.8, 4) is 0 Å². The highest BCUT2D eigenvalue weighted by atomic mass is 15.1. The molecule has 0 aliphatic carbocycles. The second-order valence-electron chi connectivity index (χ2n) is 4.71. The van der Waals surface area contributed by atoms with Crippen molar-refractivity contribution >= 4 is 16.6 Å². The lowest BCUT2D eigenvalue weighted by molar-refractivity contribution is 0.823. The SMILES string of the molecule is Cc1cc(N(C)C)c2cccc(C(C)N)c2n1. The lowest BCUT2D eigenvalue weighted by Crippen LogP contribution is -2.11. The van der Waals surface area contributed by atoms with Crippen LogP contribution in [0.4, 0.5) is 5.69 Å². The quantitative estimate of drug-likeness (QED) is 0.860. The molecule has 0 radical (unpaired) electrons. The van der Waals surface area contributed by atoms with Gasteiger partial charge in [-0.15, -0.1) is 0 Å². The molecule has 1 atom stereocenters. The molecule has 2 rings (SSSR count). The first kappa shape index (κ1) is 11.9. The van der Waals surface area contributed by atoms with Crippen molar-refractivity contribution in [2.24, 2.45) is 5.73 Å². The Bertz CT molecular complexity index is 544. The summed E-state index contributed by atoms with van der Waals surface area (Å²) >= 11 is 0. The lowest BCUT2D eigenvalue weighted by Gasteiger charge is -2.18. The highest BCUT2D eigenvalue weighted by Crippen LogP contribution is 2.29. The number of aromatic nitrogens is 1. The molecule has 3 nitrogen and oxygen atoms in total. The molecule has 1 heterocycles. The number of anilines is 1. The van der Waals surface area contributed by atoms with Crippen molar-refractivity contribution in [3.05, 3.63) is 35.5 Å². The Kier molecular flexibility index (Phi) is 3.03. The Labute approximate surface area is 102 Å². The zero-order valence-corrected chi connectivity index (χ0v) is 10.9. The Morgan fingerprint density at radius 2 is 2.00 bits per heavy atom. The first-order valence-electron chi connectivity index (χ1n) is 5.84. The summed E-state index contributed by atoms with van der Waals surface area (Å²) in [6.07, 6.45) is 0. The topological polar surface area (TPSA) is 42.1 Å². The summed E-state index contributed by atoms with van der Waals surface area (Å²) in [6.45, 7) is 4.01. The molecule has 0 spiro atoms. The average Bonchev–Trinajstić information content (AvgIpc) is 2.26. The molecule has 0 saturated heterocycles. The number of benzene rings is 1. The molecular weight excluding hydrogens is 210 g/mol.